The molecule has 2 aliphatic heterocycles. The first kappa shape index (κ1) is 21.8. The number of nitrogens with zero attached hydrogens (tertiary/aromatic N) is 3. The average Bonchev–Trinajstić information content (AvgIpc) is 2.82. The average molecular weight is 469 g/mol. The molecule has 0 aromatic carbocycles. The number of nitrogens with one attached hydrogen (secondary N) is 3. The van der Waals surface area contributed by atoms with Crippen molar-refractivity contribution in [3.63, 3.8) is 0 Å². The largest absolute Gasteiger partial charge is 0.480 e. The Hall–Kier alpha value is -3.01. The van der Waals surface area contributed by atoms with Crippen LogP contribution in [-0.4, -0.2) is 45.7 Å². The van der Waals surface area contributed by atoms with Gasteiger partial charge in [0.15, 0.2) is 18.2 Å². The van der Waals surface area contributed by atoms with Crippen molar-refractivity contribution in [1.82, 2.24) is 25.2 Å². The SMILES string of the molecule is O=C1COc2ccc(CNC3CCNC(CCn4c(=O)ccc5ccc(Cl)nc54)C3)nc2N1. The van der Waals surface area contributed by atoms with E-state index < -0.39 is 0 Å². The Morgan fingerprint density at radius 1 is 1.15 bits per heavy atom. The maximum atomic E-state index is 12.5. The number of rotatable bonds is 6. The number of aromatic nitrogens is 3. The zero-order valence-corrected chi connectivity index (χ0v) is 18.8. The van der Waals surface area contributed by atoms with Crippen LogP contribution in [0.4, 0.5) is 5.82 Å². The van der Waals surface area contributed by atoms with Crippen LogP contribution in [0.25, 0.3) is 11.0 Å². The number of anilines is 1. The molecule has 3 aromatic heterocycles. The number of halogens is 1. The highest BCUT2D eigenvalue weighted by atomic mass is 35.5. The van der Waals surface area contributed by atoms with Crippen LogP contribution in [0.2, 0.25) is 5.15 Å². The zero-order chi connectivity index (χ0) is 22.8. The van der Waals surface area contributed by atoms with Crippen LogP contribution in [-0.2, 0) is 17.9 Å². The van der Waals surface area contributed by atoms with Gasteiger partial charge in [0.2, 0.25) is 0 Å². The second kappa shape index (κ2) is 9.46. The molecule has 0 saturated carbocycles. The fraction of sp³-hybridized carbons (Fsp3) is 0.391. The first-order valence-electron chi connectivity index (χ1n) is 11.1. The Morgan fingerprint density at radius 3 is 2.94 bits per heavy atom. The van der Waals surface area contributed by atoms with Crippen LogP contribution in [0.3, 0.4) is 0 Å². The summed E-state index contributed by atoms with van der Waals surface area (Å²) < 4.78 is 7.07. The van der Waals surface area contributed by atoms with Gasteiger partial charge in [-0.2, -0.15) is 0 Å². The molecule has 172 valence electrons. The highest BCUT2D eigenvalue weighted by molar-refractivity contribution is 6.29. The Labute approximate surface area is 195 Å². The summed E-state index contributed by atoms with van der Waals surface area (Å²) in [6.45, 7) is 2.10. The number of ether oxygens (including phenoxy) is 1. The first-order chi connectivity index (χ1) is 16.0. The quantitative estimate of drug-likeness (QED) is 0.475. The minimum Gasteiger partial charge on any atom is -0.480 e. The van der Waals surface area contributed by atoms with Gasteiger partial charge in [-0.1, -0.05) is 11.6 Å². The number of carbonyl (C=O) groups is 1. The molecule has 2 unspecified atom stereocenters. The number of aryl methyl sites for hydroxylation is 1. The van der Waals surface area contributed by atoms with E-state index in [1.807, 2.05) is 18.2 Å². The summed E-state index contributed by atoms with van der Waals surface area (Å²) in [5.74, 6) is 0.881. The van der Waals surface area contributed by atoms with Crippen LogP contribution in [0, 0.1) is 0 Å². The third kappa shape index (κ3) is 5.00. The number of fused-ring (bicyclic) bond motifs is 2. The smallest absolute Gasteiger partial charge is 0.263 e. The summed E-state index contributed by atoms with van der Waals surface area (Å²) in [6.07, 6.45) is 2.76. The Kier molecular flexibility index (Phi) is 6.26. The van der Waals surface area contributed by atoms with Crippen molar-refractivity contribution in [3.05, 3.63) is 57.6 Å². The van der Waals surface area contributed by atoms with Gasteiger partial charge in [-0.05, 0) is 56.1 Å². The lowest BCUT2D eigenvalue weighted by Crippen LogP contribution is -2.46. The van der Waals surface area contributed by atoms with Crippen molar-refractivity contribution in [2.24, 2.45) is 0 Å². The number of piperidine rings is 1. The molecule has 1 fully saturated rings. The van der Waals surface area contributed by atoms with E-state index in [2.05, 4.69) is 25.9 Å². The normalized spacial score (nSPS) is 20.2. The molecule has 2 atom stereocenters. The molecule has 5 rings (SSSR count). The summed E-state index contributed by atoms with van der Waals surface area (Å²) in [6, 6.07) is 11.3. The lowest BCUT2D eigenvalue weighted by atomic mass is 9.97. The van der Waals surface area contributed by atoms with E-state index >= 15 is 0 Å². The van der Waals surface area contributed by atoms with Gasteiger partial charge in [0.25, 0.3) is 11.5 Å². The van der Waals surface area contributed by atoms with Crippen LogP contribution in [0.1, 0.15) is 25.0 Å². The molecular formula is C23H25ClN6O3. The number of amides is 1. The minimum atomic E-state index is -0.191. The van der Waals surface area contributed by atoms with Crippen molar-refractivity contribution in [2.75, 3.05) is 18.5 Å². The molecule has 1 amide bonds. The second-order valence-corrected chi connectivity index (χ2v) is 8.79. The lowest BCUT2D eigenvalue weighted by molar-refractivity contribution is -0.118. The van der Waals surface area contributed by atoms with Gasteiger partial charge in [-0.3, -0.25) is 14.2 Å². The van der Waals surface area contributed by atoms with Crippen molar-refractivity contribution >= 4 is 34.4 Å². The molecule has 10 heteroatoms. The minimum absolute atomic E-state index is 0.0245. The molecule has 3 N–H and O–H groups in total. The van der Waals surface area contributed by atoms with Crippen LogP contribution >= 0.6 is 11.6 Å². The van der Waals surface area contributed by atoms with Gasteiger partial charge in [0.05, 0.1) is 5.69 Å². The molecule has 0 bridgehead atoms. The molecule has 1 saturated heterocycles. The first-order valence-corrected chi connectivity index (χ1v) is 11.5. The van der Waals surface area contributed by atoms with Crippen molar-refractivity contribution in [3.8, 4) is 5.75 Å². The molecule has 0 radical (unpaired) electrons. The van der Waals surface area contributed by atoms with Gasteiger partial charge < -0.3 is 20.7 Å². The molecule has 33 heavy (non-hydrogen) atoms. The maximum Gasteiger partial charge on any atom is 0.263 e. The van der Waals surface area contributed by atoms with Crippen molar-refractivity contribution < 1.29 is 9.53 Å². The summed E-state index contributed by atoms with van der Waals surface area (Å²) in [5.41, 5.74) is 1.40. The van der Waals surface area contributed by atoms with Gasteiger partial charge >= 0.3 is 0 Å². The van der Waals surface area contributed by atoms with Crippen molar-refractivity contribution in [1.29, 1.82) is 0 Å². The monoisotopic (exact) mass is 468 g/mol. The maximum absolute atomic E-state index is 12.5. The fourth-order valence-electron chi connectivity index (χ4n) is 4.40. The zero-order valence-electron chi connectivity index (χ0n) is 18.0. The molecule has 0 spiro atoms. The lowest BCUT2D eigenvalue weighted by Gasteiger charge is -2.31. The third-order valence-electron chi connectivity index (χ3n) is 6.10. The molecule has 3 aromatic rings. The highest BCUT2D eigenvalue weighted by Gasteiger charge is 2.22. The van der Waals surface area contributed by atoms with E-state index in [-0.39, 0.29) is 24.1 Å². The molecule has 0 aliphatic carbocycles. The standard InChI is InChI=1S/C23H25ClN6O3/c24-19-5-1-14-2-6-21(32)30(23(14)28-19)10-8-16-11-15(7-9-25-16)26-12-17-3-4-18-22(27-17)29-20(31)13-33-18/h1-6,15-16,25-26H,7-13H2,(H,27,29,31). The van der Waals surface area contributed by atoms with Gasteiger partial charge in [0, 0.05) is 36.6 Å². The number of hydrogen-bond acceptors (Lipinski definition) is 7. The molecule has 2 aliphatic rings. The van der Waals surface area contributed by atoms with E-state index in [4.69, 9.17) is 16.3 Å². The summed E-state index contributed by atoms with van der Waals surface area (Å²) in [5, 5.41) is 11.2. The topological polar surface area (TPSA) is 110 Å². The summed E-state index contributed by atoms with van der Waals surface area (Å²) >= 11 is 6.06. The van der Waals surface area contributed by atoms with E-state index in [9.17, 15) is 9.59 Å². The van der Waals surface area contributed by atoms with E-state index in [1.54, 1.807) is 22.8 Å². The molecular weight excluding hydrogens is 444 g/mol. The highest BCUT2D eigenvalue weighted by Crippen LogP contribution is 2.25. The second-order valence-electron chi connectivity index (χ2n) is 8.40. The third-order valence-corrected chi connectivity index (χ3v) is 6.31. The molecule has 5 heterocycles. The van der Waals surface area contributed by atoms with Crippen molar-refractivity contribution in [2.45, 2.75) is 44.4 Å². The van der Waals surface area contributed by atoms with E-state index in [1.165, 1.54) is 0 Å². The Bertz CT molecular complexity index is 1250. The van der Waals surface area contributed by atoms with Crippen LogP contribution < -0.4 is 26.2 Å². The summed E-state index contributed by atoms with van der Waals surface area (Å²) in [4.78, 5) is 32.9. The summed E-state index contributed by atoms with van der Waals surface area (Å²) in [7, 11) is 0. The van der Waals surface area contributed by atoms with E-state index in [0.717, 1.165) is 36.9 Å². The number of carbonyl (C=O) groups excluding carboxylic acids is 1. The fourth-order valence-corrected chi connectivity index (χ4v) is 4.55. The van der Waals surface area contributed by atoms with Crippen LogP contribution in [0.15, 0.2) is 41.2 Å². The predicted molar refractivity (Wildman–Crippen MR) is 126 cm³/mol. The number of hydrogen-bond donors (Lipinski definition) is 3. The Morgan fingerprint density at radius 2 is 2.03 bits per heavy atom. The van der Waals surface area contributed by atoms with Gasteiger partial charge in [0.1, 0.15) is 10.8 Å². The predicted octanol–water partition coefficient (Wildman–Crippen LogP) is 2.08. The Balaban J connectivity index is 1.19. The molecule has 9 nitrogen and oxygen atoms in total. The van der Waals surface area contributed by atoms with Gasteiger partial charge in [-0.25, -0.2) is 9.97 Å². The number of pyridine rings is 3. The van der Waals surface area contributed by atoms with Crippen LogP contribution in [0.5, 0.6) is 5.75 Å². The van der Waals surface area contributed by atoms with E-state index in [0.29, 0.717) is 41.5 Å². The van der Waals surface area contributed by atoms with Gasteiger partial charge in [-0.15, -0.1) is 0 Å².